The molecule has 0 radical (unpaired) electrons. The molecule has 6 nitrogen and oxygen atoms in total. The number of aliphatic hydroxyl groups excluding tert-OH is 2. The molecule has 0 aromatic heterocycles. The van der Waals surface area contributed by atoms with Crippen molar-refractivity contribution < 1.29 is 19.7 Å². The number of rotatable bonds is 3. The zero-order chi connectivity index (χ0) is 13.0. The van der Waals surface area contributed by atoms with Crippen LogP contribution in [0.2, 0.25) is 0 Å². The molecule has 17 heavy (non-hydrogen) atoms. The van der Waals surface area contributed by atoms with Gasteiger partial charge in [0.1, 0.15) is 6.10 Å². The number of esters is 1. The van der Waals surface area contributed by atoms with Crippen LogP contribution in [0, 0.1) is 11.3 Å². The van der Waals surface area contributed by atoms with Crippen molar-refractivity contribution in [1.29, 1.82) is 5.26 Å². The lowest BCUT2D eigenvalue weighted by Crippen LogP contribution is -2.17. The number of benzene rings is 1. The van der Waals surface area contributed by atoms with Crippen LogP contribution in [0.5, 0.6) is 0 Å². The van der Waals surface area contributed by atoms with Crippen molar-refractivity contribution in [1.82, 2.24) is 0 Å². The fourth-order valence-corrected chi connectivity index (χ4v) is 1.30. The van der Waals surface area contributed by atoms with Crippen LogP contribution in [0.1, 0.15) is 22.0 Å². The molecule has 2 unspecified atom stereocenters. The van der Waals surface area contributed by atoms with Gasteiger partial charge in [0, 0.05) is 5.69 Å². The first-order chi connectivity index (χ1) is 8.01. The standard InChI is InChI=1S/C11H12N2O4/c1-17-11(16)7-4-6(2-3-8(7)13)10(15)9(14)5-12/h2-4,9-10,14-15H,13H2,1H3. The van der Waals surface area contributed by atoms with Crippen molar-refractivity contribution in [3.63, 3.8) is 0 Å². The van der Waals surface area contributed by atoms with E-state index >= 15 is 0 Å². The Morgan fingerprint density at radius 3 is 2.71 bits per heavy atom. The molecule has 0 heterocycles. The first kappa shape index (κ1) is 13.0. The van der Waals surface area contributed by atoms with Crippen LogP contribution in [-0.4, -0.2) is 29.4 Å². The minimum atomic E-state index is -1.57. The fraction of sp³-hybridized carbons (Fsp3) is 0.273. The van der Waals surface area contributed by atoms with Crippen LogP contribution >= 0.6 is 0 Å². The molecule has 0 spiro atoms. The molecule has 1 aromatic carbocycles. The number of hydrogen-bond acceptors (Lipinski definition) is 6. The zero-order valence-electron chi connectivity index (χ0n) is 9.12. The van der Waals surface area contributed by atoms with E-state index < -0.39 is 18.2 Å². The number of anilines is 1. The van der Waals surface area contributed by atoms with E-state index in [0.29, 0.717) is 0 Å². The Morgan fingerprint density at radius 1 is 1.53 bits per heavy atom. The van der Waals surface area contributed by atoms with Crippen molar-refractivity contribution in [3.8, 4) is 6.07 Å². The number of methoxy groups -OCH3 is 1. The third kappa shape index (κ3) is 2.72. The quantitative estimate of drug-likeness (QED) is 0.385. The largest absolute Gasteiger partial charge is 0.465 e. The van der Waals surface area contributed by atoms with E-state index in [9.17, 15) is 15.0 Å². The molecule has 0 bridgehead atoms. The van der Waals surface area contributed by atoms with Crippen LogP contribution in [0.15, 0.2) is 18.2 Å². The van der Waals surface area contributed by atoms with Gasteiger partial charge < -0.3 is 20.7 Å². The third-order valence-electron chi connectivity index (χ3n) is 2.26. The van der Waals surface area contributed by atoms with E-state index in [4.69, 9.17) is 11.0 Å². The van der Waals surface area contributed by atoms with Crippen LogP contribution in [0.3, 0.4) is 0 Å². The maximum Gasteiger partial charge on any atom is 0.339 e. The van der Waals surface area contributed by atoms with E-state index in [-0.39, 0.29) is 16.8 Å². The van der Waals surface area contributed by atoms with Crippen molar-refractivity contribution in [3.05, 3.63) is 29.3 Å². The molecule has 2 atom stereocenters. The average molecular weight is 236 g/mol. The summed E-state index contributed by atoms with van der Waals surface area (Å²) in [5.74, 6) is -0.650. The highest BCUT2D eigenvalue weighted by Gasteiger charge is 2.20. The SMILES string of the molecule is COC(=O)c1cc(C(O)C(O)C#N)ccc1N. The Hall–Kier alpha value is -2.10. The van der Waals surface area contributed by atoms with Crippen LogP contribution in [-0.2, 0) is 4.74 Å². The second-order valence-electron chi connectivity index (χ2n) is 3.36. The average Bonchev–Trinajstić information content (AvgIpc) is 2.36. The fourth-order valence-electron chi connectivity index (χ4n) is 1.30. The van der Waals surface area contributed by atoms with E-state index in [1.165, 1.54) is 31.4 Å². The minimum Gasteiger partial charge on any atom is -0.465 e. The smallest absolute Gasteiger partial charge is 0.339 e. The van der Waals surface area contributed by atoms with Crippen molar-refractivity contribution >= 4 is 11.7 Å². The summed E-state index contributed by atoms with van der Waals surface area (Å²) in [4.78, 5) is 11.3. The molecule has 0 aliphatic rings. The minimum absolute atomic E-state index is 0.0780. The molecule has 4 N–H and O–H groups in total. The van der Waals surface area contributed by atoms with Gasteiger partial charge in [-0.25, -0.2) is 4.79 Å². The summed E-state index contributed by atoms with van der Waals surface area (Å²) < 4.78 is 4.51. The van der Waals surface area contributed by atoms with Gasteiger partial charge in [-0.05, 0) is 17.7 Å². The van der Waals surface area contributed by atoms with Crippen LogP contribution in [0.25, 0.3) is 0 Å². The zero-order valence-corrected chi connectivity index (χ0v) is 9.12. The van der Waals surface area contributed by atoms with Crippen molar-refractivity contribution in [2.24, 2.45) is 0 Å². The van der Waals surface area contributed by atoms with Crippen LogP contribution < -0.4 is 5.73 Å². The van der Waals surface area contributed by atoms with Gasteiger partial charge >= 0.3 is 5.97 Å². The summed E-state index contributed by atoms with van der Waals surface area (Å²) >= 11 is 0. The molecule has 1 rings (SSSR count). The maximum absolute atomic E-state index is 11.3. The lowest BCUT2D eigenvalue weighted by atomic mass is 10.0. The molecule has 0 saturated carbocycles. The Kier molecular flexibility index (Phi) is 4.04. The lowest BCUT2D eigenvalue weighted by molar-refractivity contribution is 0.0522. The summed E-state index contributed by atoms with van der Waals surface area (Å²) in [5.41, 5.74) is 6.05. The number of aliphatic hydroxyl groups is 2. The number of nitrogen functional groups attached to an aromatic ring is 1. The predicted octanol–water partition coefficient (Wildman–Crippen LogP) is -0.0267. The summed E-state index contributed by atoms with van der Waals surface area (Å²) in [6.45, 7) is 0. The summed E-state index contributed by atoms with van der Waals surface area (Å²) in [5, 5.41) is 27.2. The lowest BCUT2D eigenvalue weighted by Gasteiger charge is -2.13. The van der Waals surface area contributed by atoms with Gasteiger partial charge in [0.15, 0.2) is 6.10 Å². The van der Waals surface area contributed by atoms with E-state index in [1.54, 1.807) is 0 Å². The number of hydrogen-bond donors (Lipinski definition) is 3. The molecule has 0 aliphatic carbocycles. The summed E-state index contributed by atoms with van der Waals surface area (Å²) in [6, 6.07) is 5.60. The molecule has 0 saturated heterocycles. The van der Waals surface area contributed by atoms with E-state index in [0.717, 1.165) is 0 Å². The van der Waals surface area contributed by atoms with Gasteiger partial charge in [0.05, 0.1) is 18.7 Å². The Bertz CT molecular complexity index is 467. The molecule has 6 heteroatoms. The molecule has 90 valence electrons. The van der Waals surface area contributed by atoms with Crippen molar-refractivity contribution in [2.45, 2.75) is 12.2 Å². The Morgan fingerprint density at radius 2 is 2.18 bits per heavy atom. The Labute approximate surface area is 97.9 Å². The van der Waals surface area contributed by atoms with Crippen molar-refractivity contribution in [2.75, 3.05) is 12.8 Å². The third-order valence-corrected chi connectivity index (χ3v) is 2.26. The monoisotopic (exact) mass is 236 g/mol. The predicted molar refractivity (Wildman–Crippen MR) is 58.8 cm³/mol. The molecule has 0 fully saturated rings. The number of carbonyl (C=O) groups is 1. The van der Waals surface area contributed by atoms with Gasteiger partial charge in [-0.15, -0.1) is 0 Å². The van der Waals surface area contributed by atoms with E-state index in [2.05, 4.69) is 4.74 Å². The number of nitriles is 1. The number of carbonyl (C=O) groups excluding carboxylic acids is 1. The molecule has 0 aliphatic heterocycles. The van der Waals surface area contributed by atoms with Crippen LogP contribution in [0.4, 0.5) is 5.69 Å². The van der Waals surface area contributed by atoms with Gasteiger partial charge in [0.2, 0.25) is 0 Å². The molecule has 0 amide bonds. The number of ether oxygens (including phenoxy) is 1. The highest BCUT2D eigenvalue weighted by atomic mass is 16.5. The number of nitrogens with two attached hydrogens (primary N) is 1. The van der Waals surface area contributed by atoms with Gasteiger partial charge in [0.25, 0.3) is 0 Å². The van der Waals surface area contributed by atoms with Gasteiger partial charge in [-0.3, -0.25) is 0 Å². The molecular weight excluding hydrogens is 224 g/mol. The second-order valence-corrected chi connectivity index (χ2v) is 3.36. The molecule has 1 aromatic rings. The normalized spacial score (nSPS) is 13.5. The highest BCUT2D eigenvalue weighted by molar-refractivity contribution is 5.95. The molecular formula is C11H12N2O4. The second kappa shape index (κ2) is 5.30. The first-order valence-electron chi connectivity index (χ1n) is 4.74. The maximum atomic E-state index is 11.3. The summed E-state index contributed by atoms with van der Waals surface area (Å²) in [6.07, 6.45) is -2.96. The highest BCUT2D eigenvalue weighted by Crippen LogP contribution is 2.22. The van der Waals surface area contributed by atoms with Gasteiger partial charge in [-0.2, -0.15) is 5.26 Å². The van der Waals surface area contributed by atoms with Gasteiger partial charge in [-0.1, -0.05) is 6.07 Å². The topological polar surface area (TPSA) is 117 Å². The number of nitrogens with zero attached hydrogens (tertiary/aromatic N) is 1. The van der Waals surface area contributed by atoms with E-state index in [1.807, 2.05) is 0 Å². The Balaban J connectivity index is 3.13. The summed E-state index contributed by atoms with van der Waals surface area (Å²) in [7, 11) is 1.20. The first-order valence-corrected chi connectivity index (χ1v) is 4.74.